The van der Waals surface area contributed by atoms with Gasteiger partial charge in [0.2, 0.25) is 5.69 Å². The van der Waals surface area contributed by atoms with Crippen LogP contribution in [0, 0.1) is 26.0 Å². The first-order chi connectivity index (χ1) is 19.2. The first kappa shape index (κ1) is 29.6. The summed E-state index contributed by atoms with van der Waals surface area (Å²) in [5.74, 6) is 0.619. The van der Waals surface area contributed by atoms with Crippen molar-refractivity contribution in [1.29, 1.82) is 0 Å². The molecule has 0 saturated carbocycles. The standard InChI is InChI=1S/C31H40ClN5O3/c1-21-10-14-33-19-25(21)20-36(26-6-8-28(40-5)9-7-26)27-12-16-35(17-13-27)23(3)11-15-34-31(38)30-22(2)18-29(32)37(39)24(30)4/h6-10,14,18-19,23,27H,11-13,15-17,20H2,1-5H3,(H,34,38)/t23-/m1/s1. The quantitative estimate of drug-likeness (QED) is 0.212. The molecule has 3 aromatic rings. The smallest absolute Gasteiger partial charge is 0.286 e. The molecule has 1 saturated heterocycles. The minimum atomic E-state index is -0.233. The molecule has 0 radical (unpaired) electrons. The van der Waals surface area contributed by atoms with Crippen LogP contribution in [0.15, 0.2) is 48.8 Å². The van der Waals surface area contributed by atoms with Gasteiger partial charge in [-0.25, -0.2) is 0 Å². The molecule has 3 heterocycles. The lowest BCUT2D eigenvalue weighted by molar-refractivity contribution is -0.610. The molecule has 1 atom stereocenters. The number of nitrogens with one attached hydrogen (secondary N) is 1. The molecule has 8 nitrogen and oxygen atoms in total. The molecule has 1 aromatic carbocycles. The number of carbonyl (C=O) groups excluding carboxylic acids is 1. The van der Waals surface area contributed by atoms with Crippen molar-refractivity contribution in [3.63, 3.8) is 0 Å². The van der Waals surface area contributed by atoms with Crippen molar-refractivity contribution in [3.05, 3.63) is 87.1 Å². The molecule has 4 rings (SSSR count). The highest BCUT2D eigenvalue weighted by Crippen LogP contribution is 2.29. The van der Waals surface area contributed by atoms with Gasteiger partial charge < -0.3 is 25.1 Å². The van der Waals surface area contributed by atoms with E-state index < -0.39 is 0 Å². The van der Waals surface area contributed by atoms with Crippen LogP contribution in [0.5, 0.6) is 5.75 Å². The van der Waals surface area contributed by atoms with Crippen molar-refractivity contribution in [2.45, 2.75) is 65.6 Å². The molecule has 1 fully saturated rings. The Morgan fingerprint density at radius 2 is 1.90 bits per heavy atom. The number of ether oxygens (including phenoxy) is 1. The fourth-order valence-electron chi connectivity index (χ4n) is 5.55. The molecule has 40 heavy (non-hydrogen) atoms. The first-order valence-corrected chi connectivity index (χ1v) is 14.3. The Hall–Kier alpha value is -3.36. The fourth-order valence-corrected chi connectivity index (χ4v) is 5.84. The summed E-state index contributed by atoms with van der Waals surface area (Å²) >= 11 is 5.95. The zero-order valence-corrected chi connectivity index (χ0v) is 24.9. The van der Waals surface area contributed by atoms with E-state index in [1.807, 2.05) is 24.5 Å². The van der Waals surface area contributed by atoms with Gasteiger partial charge in [0.1, 0.15) is 11.3 Å². The maximum Gasteiger partial charge on any atom is 0.286 e. The highest BCUT2D eigenvalue weighted by molar-refractivity contribution is 6.28. The number of anilines is 1. The van der Waals surface area contributed by atoms with Crippen LogP contribution in [0.3, 0.4) is 0 Å². The highest BCUT2D eigenvalue weighted by atomic mass is 35.5. The number of hydrogen-bond acceptors (Lipinski definition) is 6. The van der Waals surface area contributed by atoms with E-state index >= 15 is 0 Å². The van der Waals surface area contributed by atoms with E-state index in [4.69, 9.17) is 16.3 Å². The molecule has 1 aliphatic rings. The predicted octanol–water partition coefficient (Wildman–Crippen LogP) is 4.98. The van der Waals surface area contributed by atoms with E-state index in [-0.39, 0.29) is 11.1 Å². The van der Waals surface area contributed by atoms with Crippen LogP contribution in [0.25, 0.3) is 0 Å². The van der Waals surface area contributed by atoms with Gasteiger partial charge in [-0.2, -0.15) is 4.73 Å². The average molecular weight is 566 g/mol. The number of amides is 1. The first-order valence-electron chi connectivity index (χ1n) is 13.9. The summed E-state index contributed by atoms with van der Waals surface area (Å²) in [6.45, 7) is 11.1. The van der Waals surface area contributed by atoms with Gasteiger partial charge in [0, 0.05) is 69.3 Å². The summed E-state index contributed by atoms with van der Waals surface area (Å²) in [6, 6.07) is 12.7. The summed E-state index contributed by atoms with van der Waals surface area (Å²) in [5.41, 5.74) is 5.08. The number of rotatable bonds is 10. The van der Waals surface area contributed by atoms with Crippen molar-refractivity contribution in [2.24, 2.45) is 0 Å². The maximum absolute atomic E-state index is 12.8. The third kappa shape index (κ3) is 6.85. The molecule has 9 heteroatoms. The molecule has 0 aliphatic carbocycles. The van der Waals surface area contributed by atoms with E-state index in [2.05, 4.69) is 52.1 Å². The van der Waals surface area contributed by atoms with Crippen molar-refractivity contribution < 1.29 is 14.3 Å². The molecule has 1 aliphatic heterocycles. The van der Waals surface area contributed by atoms with Crippen molar-refractivity contribution in [2.75, 3.05) is 31.6 Å². The molecule has 1 N–H and O–H groups in total. The number of likely N-dealkylation sites (tertiary alicyclic amines) is 1. The molecule has 0 spiro atoms. The number of aryl methyl sites for hydroxylation is 2. The van der Waals surface area contributed by atoms with Gasteiger partial charge in [-0.3, -0.25) is 9.78 Å². The van der Waals surface area contributed by atoms with E-state index in [1.54, 1.807) is 21.0 Å². The highest BCUT2D eigenvalue weighted by Gasteiger charge is 2.28. The number of nitrogens with zero attached hydrogens (tertiary/aromatic N) is 4. The molecular weight excluding hydrogens is 526 g/mol. The number of benzene rings is 1. The Labute approximate surface area is 242 Å². The second-order valence-corrected chi connectivity index (χ2v) is 11.1. The summed E-state index contributed by atoms with van der Waals surface area (Å²) < 4.78 is 5.98. The fraction of sp³-hybridized carbons (Fsp3) is 0.452. The number of carbonyl (C=O) groups is 1. The van der Waals surface area contributed by atoms with Crippen LogP contribution < -0.4 is 19.7 Å². The van der Waals surface area contributed by atoms with Gasteiger partial charge >= 0.3 is 0 Å². The monoisotopic (exact) mass is 565 g/mol. The van der Waals surface area contributed by atoms with Gasteiger partial charge in [0.15, 0.2) is 0 Å². The second-order valence-electron chi connectivity index (χ2n) is 10.7. The van der Waals surface area contributed by atoms with Gasteiger partial charge in [0.05, 0.1) is 7.11 Å². The molecule has 2 aromatic heterocycles. The van der Waals surface area contributed by atoms with Crippen LogP contribution in [0.2, 0.25) is 5.15 Å². The Morgan fingerprint density at radius 1 is 1.20 bits per heavy atom. The molecule has 1 amide bonds. The van der Waals surface area contributed by atoms with E-state index in [9.17, 15) is 10.0 Å². The number of piperidine rings is 1. The van der Waals surface area contributed by atoms with Crippen LogP contribution in [0.4, 0.5) is 5.69 Å². The minimum Gasteiger partial charge on any atom is -0.617 e. The molecular formula is C31H40ClN5O3. The normalized spacial score (nSPS) is 15.1. The van der Waals surface area contributed by atoms with Gasteiger partial charge in [-0.15, -0.1) is 0 Å². The van der Waals surface area contributed by atoms with Crippen molar-refractivity contribution >= 4 is 23.2 Å². The van der Waals surface area contributed by atoms with Crippen LogP contribution in [-0.4, -0.2) is 54.6 Å². The molecule has 214 valence electrons. The molecule has 0 bridgehead atoms. The lowest BCUT2D eigenvalue weighted by Gasteiger charge is -2.42. The number of hydrogen-bond donors (Lipinski definition) is 1. The van der Waals surface area contributed by atoms with Gasteiger partial charge in [-0.05, 0) is 98.7 Å². The van der Waals surface area contributed by atoms with Crippen LogP contribution >= 0.6 is 11.6 Å². The average Bonchev–Trinajstić information content (AvgIpc) is 2.96. The molecule has 0 unspecified atom stereocenters. The third-order valence-corrected chi connectivity index (χ3v) is 8.38. The van der Waals surface area contributed by atoms with E-state index in [1.165, 1.54) is 22.9 Å². The number of aromatic nitrogens is 2. The zero-order valence-electron chi connectivity index (χ0n) is 24.1. The lowest BCUT2D eigenvalue weighted by atomic mass is 9.99. The van der Waals surface area contributed by atoms with Gasteiger partial charge in [0.25, 0.3) is 11.1 Å². The zero-order chi connectivity index (χ0) is 28.8. The predicted molar refractivity (Wildman–Crippen MR) is 159 cm³/mol. The maximum atomic E-state index is 12.8. The van der Waals surface area contributed by atoms with Crippen molar-refractivity contribution in [1.82, 2.24) is 15.2 Å². The Kier molecular flexibility index (Phi) is 9.87. The second kappa shape index (κ2) is 13.3. The Bertz CT molecular complexity index is 1310. The number of halogens is 1. The summed E-state index contributed by atoms with van der Waals surface area (Å²) in [6.07, 6.45) is 6.75. The SMILES string of the molecule is COc1ccc(N(Cc2cnccc2C)C2CCN([C@H](C)CCNC(=O)c3c(C)cc(Cl)[n+]([O-])c3C)CC2)cc1. The summed E-state index contributed by atoms with van der Waals surface area (Å²) in [4.78, 5) is 22.2. The largest absolute Gasteiger partial charge is 0.617 e. The van der Waals surface area contributed by atoms with E-state index in [0.717, 1.165) is 44.6 Å². The topological polar surface area (TPSA) is 84.6 Å². The van der Waals surface area contributed by atoms with Gasteiger partial charge in [-0.1, -0.05) is 0 Å². The third-order valence-electron chi connectivity index (χ3n) is 8.12. The van der Waals surface area contributed by atoms with Crippen molar-refractivity contribution in [3.8, 4) is 5.75 Å². The van der Waals surface area contributed by atoms with Crippen LogP contribution in [-0.2, 0) is 6.54 Å². The Morgan fingerprint density at radius 3 is 2.55 bits per heavy atom. The number of methoxy groups -OCH3 is 1. The Balaban J connectivity index is 1.35. The lowest BCUT2D eigenvalue weighted by Crippen LogP contribution is -2.48. The van der Waals surface area contributed by atoms with E-state index in [0.29, 0.717) is 40.2 Å². The van der Waals surface area contributed by atoms with Crippen LogP contribution in [0.1, 0.15) is 58.9 Å². The number of pyridine rings is 2. The summed E-state index contributed by atoms with van der Waals surface area (Å²) in [7, 11) is 1.69. The minimum absolute atomic E-state index is 0.0738. The summed E-state index contributed by atoms with van der Waals surface area (Å²) in [5, 5.41) is 15.2.